The summed E-state index contributed by atoms with van der Waals surface area (Å²) in [4.78, 5) is 12.5. The third kappa shape index (κ3) is 4.63. The van der Waals surface area contributed by atoms with E-state index in [1.165, 1.54) is 0 Å². The number of methoxy groups -OCH3 is 1. The molecule has 2 aromatic carbocycles. The first-order valence-corrected chi connectivity index (χ1v) is 7.79. The van der Waals surface area contributed by atoms with Gasteiger partial charge in [-0.3, -0.25) is 4.79 Å². The van der Waals surface area contributed by atoms with Crippen molar-refractivity contribution in [2.24, 2.45) is 0 Å². The Morgan fingerprint density at radius 1 is 1.22 bits per heavy atom. The zero-order valence-corrected chi connectivity index (χ0v) is 14.2. The zero-order chi connectivity index (χ0) is 16.8. The molecular formula is C18H20ClNO3. The molecule has 1 amide bonds. The molecule has 2 aromatic rings. The van der Waals surface area contributed by atoms with E-state index in [4.69, 9.17) is 21.1 Å². The van der Waals surface area contributed by atoms with Crippen LogP contribution in [0.3, 0.4) is 0 Å². The molecule has 0 saturated heterocycles. The number of nitrogens with one attached hydrogen (secondary N) is 1. The van der Waals surface area contributed by atoms with Gasteiger partial charge in [0.2, 0.25) is 0 Å². The van der Waals surface area contributed by atoms with Crippen LogP contribution in [0.5, 0.6) is 11.5 Å². The standard InChI is InChI=1S/C18H20ClNO3/c1-4-17(23-15-7-5-6-14(11-15)22-3)18(21)20-16-10-13(19)9-8-12(16)2/h5-11,17H,4H2,1-3H3,(H,20,21)/t17-/m1/s1. The Balaban J connectivity index is 2.10. The summed E-state index contributed by atoms with van der Waals surface area (Å²) in [5.41, 5.74) is 1.63. The second-order valence-corrected chi connectivity index (χ2v) is 5.58. The second-order valence-electron chi connectivity index (χ2n) is 5.14. The van der Waals surface area contributed by atoms with E-state index in [2.05, 4.69) is 5.32 Å². The van der Waals surface area contributed by atoms with E-state index in [0.29, 0.717) is 28.6 Å². The number of aryl methyl sites for hydroxylation is 1. The van der Waals surface area contributed by atoms with E-state index >= 15 is 0 Å². The van der Waals surface area contributed by atoms with Gasteiger partial charge < -0.3 is 14.8 Å². The number of hydrogen-bond donors (Lipinski definition) is 1. The summed E-state index contributed by atoms with van der Waals surface area (Å²) in [6.07, 6.45) is -0.0525. The van der Waals surface area contributed by atoms with Gasteiger partial charge in [0.05, 0.1) is 7.11 Å². The van der Waals surface area contributed by atoms with Crippen molar-refractivity contribution in [1.82, 2.24) is 0 Å². The van der Waals surface area contributed by atoms with Crippen LogP contribution in [-0.2, 0) is 4.79 Å². The van der Waals surface area contributed by atoms with Crippen molar-refractivity contribution >= 4 is 23.2 Å². The van der Waals surface area contributed by atoms with Gasteiger partial charge in [0.25, 0.3) is 5.91 Å². The van der Waals surface area contributed by atoms with Crippen molar-refractivity contribution in [2.45, 2.75) is 26.4 Å². The molecule has 0 aliphatic heterocycles. The van der Waals surface area contributed by atoms with Crippen molar-refractivity contribution in [3.63, 3.8) is 0 Å². The van der Waals surface area contributed by atoms with Crippen LogP contribution in [-0.4, -0.2) is 19.1 Å². The lowest BCUT2D eigenvalue weighted by Crippen LogP contribution is -2.32. The Hall–Kier alpha value is -2.20. The molecule has 0 spiro atoms. The van der Waals surface area contributed by atoms with E-state index in [1.54, 1.807) is 31.4 Å². The van der Waals surface area contributed by atoms with Gasteiger partial charge in [-0.25, -0.2) is 0 Å². The molecule has 0 unspecified atom stereocenters. The molecule has 0 saturated carbocycles. The molecule has 4 nitrogen and oxygen atoms in total. The van der Waals surface area contributed by atoms with Crippen molar-refractivity contribution in [1.29, 1.82) is 0 Å². The minimum absolute atomic E-state index is 0.208. The molecule has 0 aliphatic rings. The van der Waals surface area contributed by atoms with Gasteiger partial charge in [0, 0.05) is 16.8 Å². The van der Waals surface area contributed by atoms with Crippen LogP contribution in [0.2, 0.25) is 5.02 Å². The number of halogens is 1. The maximum atomic E-state index is 12.5. The fourth-order valence-corrected chi connectivity index (χ4v) is 2.28. The second kappa shape index (κ2) is 7.88. The summed E-state index contributed by atoms with van der Waals surface area (Å²) in [5.74, 6) is 1.07. The number of amides is 1. The summed E-state index contributed by atoms with van der Waals surface area (Å²) in [6.45, 7) is 3.81. The monoisotopic (exact) mass is 333 g/mol. The van der Waals surface area contributed by atoms with Crippen LogP contribution in [0.25, 0.3) is 0 Å². The van der Waals surface area contributed by atoms with Gasteiger partial charge in [-0.2, -0.15) is 0 Å². The minimum atomic E-state index is -0.597. The van der Waals surface area contributed by atoms with E-state index in [9.17, 15) is 4.79 Å². The molecule has 0 radical (unpaired) electrons. The number of ether oxygens (including phenoxy) is 2. The van der Waals surface area contributed by atoms with Crippen LogP contribution < -0.4 is 14.8 Å². The molecule has 0 aliphatic carbocycles. The summed E-state index contributed by atoms with van der Waals surface area (Å²) in [7, 11) is 1.59. The quantitative estimate of drug-likeness (QED) is 0.849. The Labute approximate surface area is 141 Å². The normalized spacial score (nSPS) is 11.7. The van der Waals surface area contributed by atoms with Gasteiger partial charge in [0.15, 0.2) is 6.10 Å². The van der Waals surface area contributed by atoms with Crippen LogP contribution in [0, 0.1) is 6.92 Å². The van der Waals surface area contributed by atoms with Gasteiger partial charge in [-0.15, -0.1) is 0 Å². The highest BCUT2D eigenvalue weighted by Crippen LogP contribution is 2.23. The highest BCUT2D eigenvalue weighted by Gasteiger charge is 2.19. The first-order valence-electron chi connectivity index (χ1n) is 7.41. The lowest BCUT2D eigenvalue weighted by Gasteiger charge is -2.18. The lowest BCUT2D eigenvalue weighted by atomic mass is 10.2. The Kier molecular flexibility index (Phi) is 5.88. The Bertz CT molecular complexity index is 688. The van der Waals surface area contributed by atoms with Crippen LogP contribution >= 0.6 is 11.6 Å². The lowest BCUT2D eigenvalue weighted by molar-refractivity contribution is -0.122. The fraction of sp³-hybridized carbons (Fsp3) is 0.278. The first-order chi connectivity index (χ1) is 11.0. The third-order valence-corrected chi connectivity index (χ3v) is 3.68. The van der Waals surface area contributed by atoms with Gasteiger partial charge in [-0.1, -0.05) is 30.7 Å². The van der Waals surface area contributed by atoms with E-state index in [0.717, 1.165) is 5.56 Å². The van der Waals surface area contributed by atoms with Gasteiger partial charge in [0.1, 0.15) is 11.5 Å². The molecule has 122 valence electrons. The SMILES string of the molecule is CC[C@@H](Oc1cccc(OC)c1)C(=O)Nc1cc(Cl)ccc1C. The van der Waals surface area contributed by atoms with Crippen molar-refractivity contribution in [3.8, 4) is 11.5 Å². The zero-order valence-electron chi connectivity index (χ0n) is 13.4. The number of carbonyl (C=O) groups is 1. The van der Waals surface area contributed by atoms with E-state index in [-0.39, 0.29) is 5.91 Å². The fourth-order valence-electron chi connectivity index (χ4n) is 2.10. The molecule has 1 atom stereocenters. The molecule has 0 aromatic heterocycles. The molecule has 2 rings (SSSR count). The topological polar surface area (TPSA) is 47.6 Å². The number of carbonyl (C=O) groups excluding carboxylic acids is 1. The number of anilines is 1. The molecule has 0 bridgehead atoms. The molecule has 5 heteroatoms. The largest absolute Gasteiger partial charge is 0.497 e. The molecular weight excluding hydrogens is 314 g/mol. The third-order valence-electron chi connectivity index (χ3n) is 3.44. The van der Waals surface area contributed by atoms with Crippen LogP contribution in [0.15, 0.2) is 42.5 Å². The maximum Gasteiger partial charge on any atom is 0.265 e. The summed E-state index contributed by atoms with van der Waals surface area (Å²) in [5, 5.41) is 3.45. The van der Waals surface area contributed by atoms with E-state index < -0.39 is 6.10 Å². The highest BCUT2D eigenvalue weighted by atomic mass is 35.5. The predicted octanol–water partition coefficient (Wildman–Crippen LogP) is 4.45. The Morgan fingerprint density at radius 2 is 1.96 bits per heavy atom. The summed E-state index contributed by atoms with van der Waals surface area (Å²) in [6, 6.07) is 12.6. The van der Waals surface area contributed by atoms with Crippen LogP contribution in [0.1, 0.15) is 18.9 Å². The van der Waals surface area contributed by atoms with Crippen molar-refractivity contribution in [2.75, 3.05) is 12.4 Å². The smallest absolute Gasteiger partial charge is 0.265 e. The molecule has 0 heterocycles. The van der Waals surface area contributed by atoms with Crippen LogP contribution in [0.4, 0.5) is 5.69 Å². The predicted molar refractivity (Wildman–Crippen MR) is 92.5 cm³/mol. The summed E-state index contributed by atoms with van der Waals surface area (Å²) < 4.78 is 10.9. The number of hydrogen-bond acceptors (Lipinski definition) is 3. The van der Waals surface area contributed by atoms with Crippen molar-refractivity contribution < 1.29 is 14.3 Å². The maximum absolute atomic E-state index is 12.5. The molecule has 23 heavy (non-hydrogen) atoms. The summed E-state index contributed by atoms with van der Waals surface area (Å²) >= 11 is 5.98. The number of rotatable bonds is 6. The number of benzene rings is 2. The average Bonchev–Trinajstić information content (AvgIpc) is 2.56. The highest BCUT2D eigenvalue weighted by molar-refractivity contribution is 6.31. The first kappa shape index (κ1) is 17.2. The van der Waals surface area contributed by atoms with E-state index in [1.807, 2.05) is 32.0 Å². The van der Waals surface area contributed by atoms with Gasteiger partial charge >= 0.3 is 0 Å². The van der Waals surface area contributed by atoms with Gasteiger partial charge in [-0.05, 0) is 43.2 Å². The Morgan fingerprint density at radius 3 is 2.65 bits per heavy atom. The average molecular weight is 334 g/mol. The van der Waals surface area contributed by atoms with Crippen molar-refractivity contribution in [3.05, 3.63) is 53.1 Å². The minimum Gasteiger partial charge on any atom is -0.497 e. The molecule has 0 fully saturated rings. The molecule has 1 N–H and O–H groups in total.